The maximum absolute atomic E-state index is 11.6. The predicted octanol–water partition coefficient (Wildman–Crippen LogP) is 1.16. The fraction of sp³-hybridized carbons (Fsp3) is 0.571. The van der Waals surface area contributed by atoms with Crippen LogP contribution in [0.15, 0.2) is 0 Å². The minimum Gasteiger partial charge on any atom is -0.340 e. The molecule has 1 rings (SSSR count). The van der Waals surface area contributed by atoms with Gasteiger partial charge in [-0.05, 0) is 18.5 Å². The van der Waals surface area contributed by atoms with E-state index >= 15 is 0 Å². The highest BCUT2D eigenvalue weighted by Gasteiger charge is 2.16. The first-order chi connectivity index (χ1) is 6.16. The van der Waals surface area contributed by atoms with Crippen LogP contribution in [0.4, 0.5) is 0 Å². The van der Waals surface area contributed by atoms with E-state index in [1.54, 1.807) is 18.9 Å². The Bertz CT molecular complexity index is 302. The van der Waals surface area contributed by atoms with Gasteiger partial charge in [0.15, 0.2) is 0 Å². The van der Waals surface area contributed by atoms with Gasteiger partial charge in [0.1, 0.15) is 4.88 Å². The van der Waals surface area contributed by atoms with Crippen LogP contribution in [0.5, 0.6) is 0 Å². The van der Waals surface area contributed by atoms with E-state index in [0.29, 0.717) is 23.0 Å². The summed E-state index contributed by atoms with van der Waals surface area (Å²) in [6, 6.07) is 0. The molecule has 0 fully saturated rings. The van der Waals surface area contributed by atoms with Crippen LogP contribution in [-0.4, -0.2) is 39.9 Å². The van der Waals surface area contributed by atoms with Crippen LogP contribution >= 0.6 is 23.1 Å². The lowest BCUT2D eigenvalue weighted by atomic mass is 10.3. The first-order valence-electron chi connectivity index (χ1n) is 3.77. The Morgan fingerprint density at radius 3 is 2.85 bits per heavy atom. The topological polar surface area (TPSA) is 46.1 Å². The Morgan fingerprint density at radius 2 is 2.38 bits per heavy atom. The molecule has 0 aromatic carbocycles. The van der Waals surface area contributed by atoms with Gasteiger partial charge in [0.05, 0.1) is 5.69 Å². The number of amides is 1. The third kappa shape index (κ3) is 2.38. The second-order valence-corrected chi connectivity index (χ2v) is 3.74. The Hall–Kier alpha value is -0.680. The van der Waals surface area contributed by atoms with Crippen molar-refractivity contribution in [3.63, 3.8) is 0 Å². The molecule has 1 amide bonds. The molecule has 0 spiro atoms. The van der Waals surface area contributed by atoms with Crippen LogP contribution in [0.2, 0.25) is 0 Å². The molecular formula is C7H10ClN3OS. The Balaban J connectivity index is 2.73. The van der Waals surface area contributed by atoms with Gasteiger partial charge in [0.2, 0.25) is 0 Å². The number of carbonyl (C=O) groups excluding carboxylic acids is 1. The largest absolute Gasteiger partial charge is 0.340 e. The van der Waals surface area contributed by atoms with Crippen molar-refractivity contribution in [2.75, 3.05) is 19.5 Å². The highest BCUT2D eigenvalue weighted by atomic mass is 35.5. The fourth-order valence-corrected chi connectivity index (χ4v) is 1.73. The zero-order valence-electron chi connectivity index (χ0n) is 7.45. The van der Waals surface area contributed by atoms with E-state index in [1.165, 1.54) is 0 Å². The highest BCUT2D eigenvalue weighted by Crippen LogP contribution is 2.11. The van der Waals surface area contributed by atoms with Gasteiger partial charge in [0.25, 0.3) is 5.91 Å². The number of rotatable bonds is 3. The van der Waals surface area contributed by atoms with Gasteiger partial charge < -0.3 is 4.90 Å². The Morgan fingerprint density at radius 1 is 1.69 bits per heavy atom. The number of nitrogens with zero attached hydrogens (tertiary/aromatic N) is 3. The molecule has 0 atom stereocenters. The standard InChI is InChI=1S/C7H10ClN3OS/c1-5-6(13-10-9-5)7(12)11(2)4-3-8/h3-4H2,1-2H3. The third-order valence-corrected chi connectivity index (χ3v) is 2.60. The SMILES string of the molecule is Cc1nnsc1C(=O)N(C)CCCl. The van der Waals surface area contributed by atoms with E-state index in [1.807, 2.05) is 0 Å². The summed E-state index contributed by atoms with van der Waals surface area (Å²) in [7, 11) is 1.71. The molecule has 0 bridgehead atoms. The summed E-state index contributed by atoms with van der Waals surface area (Å²) in [5.74, 6) is 0.376. The van der Waals surface area contributed by atoms with Crippen molar-refractivity contribution < 1.29 is 4.79 Å². The van der Waals surface area contributed by atoms with Gasteiger partial charge in [-0.1, -0.05) is 4.49 Å². The molecule has 0 unspecified atom stereocenters. The molecule has 1 heterocycles. The summed E-state index contributed by atoms with van der Waals surface area (Å²) in [6.45, 7) is 2.31. The molecule has 13 heavy (non-hydrogen) atoms. The highest BCUT2D eigenvalue weighted by molar-refractivity contribution is 7.07. The van der Waals surface area contributed by atoms with Gasteiger partial charge in [-0.2, -0.15) is 0 Å². The average molecular weight is 220 g/mol. The van der Waals surface area contributed by atoms with Crippen molar-refractivity contribution in [3.05, 3.63) is 10.6 Å². The van der Waals surface area contributed by atoms with E-state index in [-0.39, 0.29) is 5.91 Å². The quantitative estimate of drug-likeness (QED) is 0.717. The van der Waals surface area contributed by atoms with Crippen LogP contribution in [-0.2, 0) is 0 Å². The lowest BCUT2D eigenvalue weighted by Gasteiger charge is -2.13. The summed E-state index contributed by atoms with van der Waals surface area (Å²) in [6.07, 6.45) is 0. The van der Waals surface area contributed by atoms with E-state index in [4.69, 9.17) is 11.6 Å². The fourth-order valence-electron chi connectivity index (χ4n) is 0.829. The van der Waals surface area contributed by atoms with Crippen LogP contribution in [0.25, 0.3) is 0 Å². The molecule has 4 nitrogen and oxygen atoms in total. The molecule has 1 aromatic heterocycles. The average Bonchev–Trinajstić information content (AvgIpc) is 2.50. The number of aryl methyl sites for hydroxylation is 1. The first kappa shape index (κ1) is 10.4. The molecule has 0 aliphatic carbocycles. The smallest absolute Gasteiger partial charge is 0.267 e. The molecule has 0 aliphatic heterocycles. The monoisotopic (exact) mass is 219 g/mol. The van der Waals surface area contributed by atoms with Crippen molar-refractivity contribution in [3.8, 4) is 0 Å². The minimum absolute atomic E-state index is 0.0619. The predicted molar refractivity (Wildman–Crippen MR) is 52.3 cm³/mol. The van der Waals surface area contributed by atoms with Crippen molar-refractivity contribution >= 4 is 29.0 Å². The summed E-state index contributed by atoms with van der Waals surface area (Å²) in [5.41, 5.74) is 0.677. The molecule has 1 aromatic rings. The second kappa shape index (κ2) is 4.53. The molecule has 0 saturated carbocycles. The summed E-state index contributed by atoms with van der Waals surface area (Å²) in [4.78, 5) is 13.8. The molecular weight excluding hydrogens is 210 g/mol. The maximum Gasteiger partial charge on any atom is 0.267 e. The number of carbonyl (C=O) groups is 1. The molecule has 0 radical (unpaired) electrons. The number of hydrogen-bond donors (Lipinski definition) is 0. The third-order valence-electron chi connectivity index (χ3n) is 1.61. The molecule has 0 aliphatic rings. The molecule has 72 valence electrons. The van der Waals surface area contributed by atoms with Crippen LogP contribution in [0, 0.1) is 6.92 Å². The second-order valence-electron chi connectivity index (χ2n) is 2.60. The van der Waals surface area contributed by atoms with Crippen LogP contribution in [0.1, 0.15) is 15.4 Å². The Kier molecular flexibility index (Phi) is 3.62. The van der Waals surface area contributed by atoms with E-state index in [2.05, 4.69) is 9.59 Å². The van der Waals surface area contributed by atoms with Crippen molar-refractivity contribution in [1.82, 2.24) is 14.5 Å². The zero-order chi connectivity index (χ0) is 9.84. The summed E-state index contributed by atoms with van der Waals surface area (Å²) in [5, 5.41) is 3.77. The van der Waals surface area contributed by atoms with E-state index in [9.17, 15) is 4.79 Å². The molecule has 6 heteroatoms. The number of hydrogen-bond acceptors (Lipinski definition) is 4. The lowest BCUT2D eigenvalue weighted by Crippen LogP contribution is -2.28. The van der Waals surface area contributed by atoms with Gasteiger partial charge in [-0.25, -0.2) is 0 Å². The number of alkyl halides is 1. The normalized spacial score (nSPS) is 10.1. The molecule has 0 N–H and O–H groups in total. The lowest BCUT2D eigenvalue weighted by molar-refractivity contribution is 0.0807. The Labute approximate surface area is 85.7 Å². The van der Waals surface area contributed by atoms with Crippen molar-refractivity contribution in [1.29, 1.82) is 0 Å². The number of halogens is 1. The van der Waals surface area contributed by atoms with Crippen LogP contribution < -0.4 is 0 Å². The van der Waals surface area contributed by atoms with E-state index in [0.717, 1.165) is 11.5 Å². The summed E-state index contributed by atoms with van der Waals surface area (Å²) >= 11 is 6.64. The molecule has 0 saturated heterocycles. The number of aromatic nitrogens is 2. The van der Waals surface area contributed by atoms with Crippen molar-refractivity contribution in [2.45, 2.75) is 6.92 Å². The zero-order valence-corrected chi connectivity index (χ0v) is 9.02. The van der Waals surface area contributed by atoms with Gasteiger partial charge >= 0.3 is 0 Å². The van der Waals surface area contributed by atoms with Crippen molar-refractivity contribution in [2.24, 2.45) is 0 Å². The summed E-state index contributed by atoms with van der Waals surface area (Å²) < 4.78 is 3.70. The van der Waals surface area contributed by atoms with Crippen LogP contribution in [0.3, 0.4) is 0 Å². The van der Waals surface area contributed by atoms with Gasteiger partial charge in [-0.15, -0.1) is 16.7 Å². The van der Waals surface area contributed by atoms with Gasteiger partial charge in [-0.3, -0.25) is 4.79 Å². The minimum atomic E-state index is -0.0619. The van der Waals surface area contributed by atoms with E-state index < -0.39 is 0 Å². The maximum atomic E-state index is 11.6. The first-order valence-corrected chi connectivity index (χ1v) is 5.08. The van der Waals surface area contributed by atoms with Gasteiger partial charge in [0, 0.05) is 19.5 Å².